The SMILES string of the molecule is CCOC(=O)C(=[N+]=[N-])C(=O)I. The van der Waals surface area contributed by atoms with Gasteiger partial charge in [0.2, 0.25) is 0 Å². The first kappa shape index (κ1) is 10.2. The molecule has 0 unspecified atom stereocenters. The van der Waals surface area contributed by atoms with E-state index >= 15 is 0 Å². The minimum atomic E-state index is -0.908. The number of hydrogen-bond acceptors (Lipinski definition) is 3. The highest BCUT2D eigenvalue weighted by molar-refractivity contribution is 14.1. The first-order valence-electron chi connectivity index (χ1n) is 2.72. The lowest BCUT2D eigenvalue weighted by Gasteiger charge is -1.91. The molecule has 0 rings (SSSR count). The second-order valence-electron chi connectivity index (χ2n) is 1.44. The maximum Gasteiger partial charge on any atom is 0.451 e. The highest BCUT2D eigenvalue weighted by Gasteiger charge is 2.28. The van der Waals surface area contributed by atoms with Gasteiger partial charge < -0.3 is 10.3 Å². The molecule has 0 heterocycles. The van der Waals surface area contributed by atoms with Gasteiger partial charge in [0.1, 0.15) is 0 Å². The van der Waals surface area contributed by atoms with Gasteiger partial charge in [-0.15, -0.1) is 0 Å². The Hall–Kier alpha value is -0.750. The zero-order valence-electron chi connectivity index (χ0n) is 5.70. The first-order chi connectivity index (χ1) is 5.13. The predicted octanol–water partition coefficient (Wildman–Crippen LogP) is 0.182. The molecule has 0 radical (unpaired) electrons. The molecule has 0 spiro atoms. The molecule has 6 heteroatoms. The largest absolute Gasteiger partial charge is 0.457 e. The van der Waals surface area contributed by atoms with E-state index in [0.717, 1.165) is 0 Å². The Bertz CT molecular complexity index is 232. The molecule has 0 N–H and O–H groups in total. The van der Waals surface area contributed by atoms with Gasteiger partial charge in [-0.3, -0.25) is 4.79 Å². The van der Waals surface area contributed by atoms with Gasteiger partial charge in [-0.1, -0.05) is 0 Å². The van der Waals surface area contributed by atoms with Crippen molar-refractivity contribution in [1.29, 1.82) is 0 Å². The monoisotopic (exact) mass is 268 g/mol. The average Bonchev–Trinajstić information content (AvgIpc) is 1.88. The van der Waals surface area contributed by atoms with Crippen LogP contribution in [-0.2, 0) is 14.3 Å². The predicted molar refractivity (Wildman–Crippen MR) is 44.3 cm³/mol. The van der Waals surface area contributed by atoms with Gasteiger partial charge in [0.15, 0.2) is 0 Å². The third-order valence-electron chi connectivity index (χ3n) is 0.755. The molecule has 0 aliphatic carbocycles. The third-order valence-corrected chi connectivity index (χ3v) is 1.27. The normalized spacial score (nSPS) is 8.18. The van der Waals surface area contributed by atoms with Crippen LogP contribution >= 0.6 is 22.6 Å². The molecular weight excluding hydrogens is 263 g/mol. The van der Waals surface area contributed by atoms with Gasteiger partial charge in [-0.2, -0.15) is 4.79 Å². The van der Waals surface area contributed by atoms with Gasteiger partial charge in [-0.25, -0.2) is 4.79 Å². The van der Waals surface area contributed by atoms with Gasteiger partial charge in [0, 0.05) is 22.6 Å². The second kappa shape index (κ2) is 4.97. The molecule has 0 amide bonds. The van der Waals surface area contributed by atoms with Crippen LogP contribution in [0.25, 0.3) is 5.53 Å². The Morgan fingerprint density at radius 3 is 2.45 bits per heavy atom. The quantitative estimate of drug-likeness (QED) is 0.139. The summed E-state index contributed by atoms with van der Waals surface area (Å²) in [6.07, 6.45) is 0. The molecule has 60 valence electrons. The molecule has 0 aromatic rings. The highest BCUT2D eigenvalue weighted by atomic mass is 127. The molecule has 0 fully saturated rings. The Balaban J connectivity index is 4.42. The number of rotatable bonds is 3. The molecule has 0 aliphatic rings. The van der Waals surface area contributed by atoms with E-state index in [-0.39, 0.29) is 6.61 Å². The summed E-state index contributed by atoms with van der Waals surface area (Å²) < 4.78 is 3.75. The summed E-state index contributed by atoms with van der Waals surface area (Å²) in [4.78, 5) is 23.7. The van der Waals surface area contributed by atoms with E-state index < -0.39 is 15.5 Å². The van der Waals surface area contributed by atoms with E-state index in [0.29, 0.717) is 0 Å². The zero-order chi connectivity index (χ0) is 8.85. The van der Waals surface area contributed by atoms with Gasteiger partial charge >= 0.3 is 15.5 Å². The smallest absolute Gasteiger partial charge is 0.451 e. The van der Waals surface area contributed by atoms with E-state index in [1.807, 2.05) is 0 Å². The van der Waals surface area contributed by atoms with Gasteiger partial charge in [0.05, 0.1) is 6.61 Å². The summed E-state index contributed by atoms with van der Waals surface area (Å²) in [7, 11) is 0. The first-order valence-corrected chi connectivity index (χ1v) is 3.80. The Morgan fingerprint density at radius 1 is 1.64 bits per heavy atom. The molecular formula is C5H5IN2O3. The number of esters is 1. The number of hydrogen-bond donors (Lipinski definition) is 0. The standard InChI is InChI=1S/C5H5IN2O3/c1-2-11-5(10)3(8-7)4(6)9/h2H2,1H3. The van der Waals surface area contributed by atoms with Crippen molar-refractivity contribution >= 4 is 38.1 Å². The molecule has 0 aliphatic heterocycles. The average molecular weight is 268 g/mol. The minimum Gasteiger partial charge on any atom is -0.457 e. The lowest BCUT2D eigenvalue weighted by atomic mass is 10.4. The highest BCUT2D eigenvalue weighted by Crippen LogP contribution is 1.90. The minimum absolute atomic E-state index is 0.141. The maximum atomic E-state index is 10.7. The summed E-state index contributed by atoms with van der Waals surface area (Å²) in [5.74, 6) is -0.908. The molecule has 0 atom stereocenters. The van der Waals surface area contributed by atoms with Crippen molar-refractivity contribution in [3.05, 3.63) is 5.53 Å². The van der Waals surface area contributed by atoms with Crippen molar-refractivity contribution in [2.75, 3.05) is 6.61 Å². The van der Waals surface area contributed by atoms with E-state index in [4.69, 9.17) is 5.53 Å². The topological polar surface area (TPSA) is 79.8 Å². The van der Waals surface area contributed by atoms with Crippen LogP contribution in [0, 0.1) is 0 Å². The number of carbonyl (C=O) groups excluding carboxylic acids is 2. The van der Waals surface area contributed by atoms with Crippen LogP contribution in [0.15, 0.2) is 0 Å². The maximum absolute atomic E-state index is 10.7. The fraction of sp³-hybridized carbons (Fsp3) is 0.400. The molecule has 0 bridgehead atoms. The van der Waals surface area contributed by atoms with Crippen molar-refractivity contribution in [2.45, 2.75) is 6.92 Å². The third kappa shape index (κ3) is 3.24. The van der Waals surface area contributed by atoms with Crippen LogP contribution in [0.5, 0.6) is 0 Å². The number of ether oxygens (including phenoxy) is 1. The van der Waals surface area contributed by atoms with E-state index in [2.05, 4.69) is 9.53 Å². The summed E-state index contributed by atoms with van der Waals surface area (Å²) in [5, 5.41) is 0. The van der Waals surface area contributed by atoms with Crippen molar-refractivity contribution < 1.29 is 19.1 Å². The van der Waals surface area contributed by atoms with Crippen LogP contribution in [0.2, 0.25) is 0 Å². The Morgan fingerprint density at radius 2 is 2.18 bits per heavy atom. The molecule has 0 saturated heterocycles. The fourth-order valence-electron chi connectivity index (χ4n) is 0.360. The Labute approximate surface area is 76.5 Å². The summed E-state index contributed by atoms with van der Waals surface area (Å²) in [6.45, 7) is 1.73. The van der Waals surface area contributed by atoms with E-state index in [1.165, 1.54) is 22.6 Å². The molecule has 0 aromatic carbocycles. The summed E-state index contributed by atoms with van der Waals surface area (Å²) in [5.41, 5.74) is 7.56. The van der Waals surface area contributed by atoms with Crippen LogP contribution < -0.4 is 0 Å². The van der Waals surface area contributed by atoms with Gasteiger partial charge in [0.25, 0.3) is 0 Å². The lowest BCUT2D eigenvalue weighted by molar-refractivity contribution is -0.140. The zero-order valence-corrected chi connectivity index (χ0v) is 7.86. The van der Waals surface area contributed by atoms with E-state index in [1.54, 1.807) is 6.92 Å². The number of nitrogens with zero attached hydrogens (tertiary/aromatic N) is 2. The van der Waals surface area contributed by atoms with Crippen molar-refractivity contribution in [2.24, 2.45) is 0 Å². The van der Waals surface area contributed by atoms with Crippen molar-refractivity contribution in [1.82, 2.24) is 0 Å². The lowest BCUT2D eigenvalue weighted by Crippen LogP contribution is -2.23. The van der Waals surface area contributed by atoms with Crippen molar-refractivity contribution in [3.8, 4) is 0 Å². The fourth-order valence-corrected chi connectivity index (χ4v) is 0.688. The van der Waals surface area contributed by atoms with Crippen molar-refractivity contribution in [3.63, 3.8) is 0 Å². The second-order valence-corrected chi connectivity index (χ2v) is 2.42. The van der Waals surface area contributed by atoms with Crippen LogP contribution in [-0.4, -0.2) is 26.9 Å². The summed E-state index contributed by atoms with van der Waals surface area (Å²) in [6, 6.07) is 0. The van der Waals surface area contributed by atoms with Gasteiger partial charge in [-0.05, 0) is 6.92 Å². The number of halogens is 1. The van der Waals surface area contributed by atoms with Crippen LogP contribution in [0.1, 0.15) is 6.92 Å². The molecule has 0 saturated carbocycles. The van der Waals surface area contributed by atoms with Crippen LogP contribution in [0.4, 0.5) is 0 Å². The Kier molecular flexibility index (Phi) is 4.64. The van der Waals surface area contributed by atoms with E-state index in [9.17, 15) is 9.59 Å². The number of carbonyl (C=O) groups is 2. The van der Waals surface area contributed by atoms with Crippen LogP contribution in [0.3, 0.4) is 0 Å². The molecule has 0 aromatic heterocycles. The molecule has 5 nitrogen and oxygen atoms in total. The molecule has 11 heavy (non-hydrogen) atoms. The summed E-state index contributed by atoms with van der Waals surface area (Å²) >= 11 is 1.33.